The van der Waals surface area contributed by atoms with E-state index in [4.69, 9.17) is 5.11 Å². The lowest BCUT2D eigenvalue weighted by atomic mass is 9.66. The molecule has 0 spiro atoms. The first-order valence-corrected chi connectivity index (χ1v) is 7.11. The maximum atomic E-state index is 8.90. The van der Waals surface area contributed by atoms with Crippen molar-refractivity contribution in [2.24, 2.45) is 11.3 Å². The number of aliphatic hydroxyl groups is 1. The van der Waals surface area contributed by atoms with Crippen LogP contribution >= 0.6 is 0 Å². The Bertz CT molecular complexity index is 322. The Balaban J connectivity index is 2.09. The van der Waals surface area contributed by atoms with E-state index in [1.165, 1.54) is 38.5 Å². The SMILES string of the molecule is CC1(C)CCC=C2CC/C(=C\CCO)CCC21. The van der Waals surface area contributed by atoms with Crippen molar-refractivity contribution in [3.8, 4) is 0 Å². The van der Waals surface area contributed by atoms with Gasteiger partial charge in [0, 0.05) is 6.61 Å². The van der Waals surface area contributed by atoms with Gasteiger partial charge in [0.25, 0.3) is 0 Å². The number of rotatable bonds is 2. The highest BCUT2D eigenvalue weighted by molar-refractivity contribution is 5.20. The standard InChI is InChI=1S/C16H26O/c1-16(2)11-3-6-14-9-7-13(5-4-12-17)8-10-15(14)16/h5-6,15,17H,3-4,7-12H2,1-2H3/b13-5+. The molecule has 17 heavy (non-hydrogen) atoms. The van der Waals surface area contributed by atoms with Gasteiger partial charge in [0.15, 0.2) is 0 Å². The van der Waals surface area contributed by atoms with Crippen LogP contribution in [-0.4, -0.2) is 11.7 Å². The Morgan fingerprint density at radius 2 is 2.18 bits per heavy atom. The molecule has 0 heterocycles. The molecule has 1 atom stereocenters. The van der Waals surface area contributed by atoms with Gasteiger partial charge in [0.2, 0.25) is 0 Å². The predicted octanol–water partition coefficient (Wildman–Crippen LogP) is 4.23. The third kappa shape index (κ3) is 3.01. The highest BCUT2D eigenvalue weighted by Gasteiger charge is 2.35. The molecule has 0 amide bonds. The second kappa shape index (κ2) is 5.39. The lowest BCUT2D eigenvalue weighted by Gasteiger charge is -2.38. The summed E-state index contributed by atoms with van der Waals surface area (Å²) < 4.78 is 0. The van der Waals surface area contributed by atoms with Crippen molar-refractivity contribution < 1.29 is 5.11 Å². The Morgan fingerprint density at radius 3 is 2.94 bits per heavy atom. The molecule has 0 aromatic heterocycles. The quantitative estimate of drug-likeness (QED) is 0.709. The molecule has 1 saturated carbocycles. The molecule has 1 N–H and O–H groups in total. The maximum Gasteiger partial charge on any atom is 0.0465 e. The molecular weight excluding hydrogens is 208 g/mol. The third-order valence-corrected chi connectivity index (χ3v) is 4.64. The van der Waals surface area contributed by atoms with E-state index in [0.29, 0.717) is 12.0 Å². The highest BCUT2D eigenvalue weighted by atomic mass is 16.2. The molecule has 1 unspecified atom stereocenters. The van der Waals surface area contributed by atoms with Crippen LogP contribution in [0.5, 0.6) is 0 Å². The summed E-state index contributed by atoms with van der Waals surface area (Å²) in [6, 6.07) is 0. The Kier molecular flexibility index (Phi) is 4.09. The van der Waals surface area contributed by atoms with Crippen LogP contribution in [0.15, 0.2) is 23.3 Å². The highest BCUT2D eigenvalue weighted by Crippen LogP contribution is 2.47. The second-order valence-corrected chi connectivity index (χ2v) is 6.27. The summed E-state index contributed by atoms with van der Waals surface area (Å²) in [6.07, 6.45) is 13.3. The summed E-state index contributed by atoms with van der Waals surface area (Å²) in [6.45, 7) is 5.17. The van der Waals surface area contributed by atoms with Gasteiger partial charge >= 0.3 is 0 Å². The van der Waals surface area contributed by atoms with Crippen molar-refractivity contribution in [3.05, 3.63) is 23.3 Å². The first kappa shape index (κ1) is 12.9. The normalized spacial score (nSPS) is 30.6. The number of aliphatic hydroxyl groups excluding tert-OH is 1. The molecule has 0 bridgehead atoms. The average Bonchev–Trinajstić information content (AvgIpc) is 2.49. The van der Waals surface area contributed by atoms with E-state index in [2.05, 4.69) is 26.0 Å². The molecule has 1 fully saturated rings. The van der Waals surface area contributed by atoms with Gasteiger partial charge in [0.1, 0.15) is 0 Å². The molecule has 2 rings (SSSR count). The topological polar surface area (TPSA) is 20.2 Å². The summed E-state index contributed by atoms with van der Waals surface area (Å²) in [5.41, 5.74) is 3.79. The van der Waals surface area contributed by atoms with Crippen LogP contribution in [0.4, 0.5) is 0 Å². The van der Waals surface area contributed by atoms with Gasteiger partial charge in [0.05, 0.1) is 0 Å². The number of fused-ring (bicyclic) bond motifs is 1. The van der Waals surface area contributed by atoms with Crippen molar-refractivity contribution in [2.45, 2.75) is 58.8 Å². The molecule has 1 heteroatoms. The Morgan fingerprint density at radius 1 is 1.35 bits per heavy atom. The first-order chi connectivity index (χ1) is 8.13. The summed E-state index contributed by atoms with van der Waals surface area (Å²) >= 11 is 0. The van der Waals surface area contributed by atoms with Gasteiger partial charge in [-0.15, -0.1) is 0 Å². The van der Waals surface area contributed by atoms with Crippen LogP contribution in [0.3, 0.4) is 0 Å². The number of hydrogen-bond acceptors (Lipinski definition) is 1. The zero-order valence-corrected chi connectivity index (χ0v) is 11.3. The molecule has 0 aliphatic heterocycles. The fraction of sp³-hybridized carbons (Fsp3) is 0.750. The summed E-state index contributed by atoms with van der Waals surface area (Å²) in [5, 5.41) is 8.90. The smallest absolute Gasteiger partial charge is 0.0465 e. The van der Waals surface area contributed by atoms with Gasteiger partial charge in [-0.2, -0.15) is 0 Å². The van der Waals surface area contributed by atoms with Gasteiger partial charge in [-0.25, -0.2) is 0 Å². The van der Waals surface area contributed by atoms with Gasteiger partial charge in [-0.1, -0.05) is 37.1 Å². The van der Waals surface area contributed by atoms with Crippen molar-refractivity contribution in [2.75, 3.05) is 6.61 Å². The molecule has 2 aliphatic carbocycles. The fourth-order valence-electron chi connectivity index (χ4n) is 3.53. The molecule has 0 aromatic rings. The minimum Gasteiger partial charge on any atom is -0.396 e. The molecule has 0 saturated heterocycles. The molecule has 0 radical (unpaired) electrons. The number of allylic oxidation sites excluding steroid dienone is 3. The number of hydrogen-bond donors (Lipinski definition) is 1. The molecular formula is C16H26O. The lowest BCUT2D eigenvalue weighted by Crippen LogP contribution is -2.28. The summed E-state index contributed by atoms with van der Waals surface area (Å²) in [4.78, 5) is 0. The zero-order valence-electron chi connectivity index (χ0n) is 11.3. The minimum atomic E-state index is 0.293. The molecule has 1 nitrogen and oxygen atoms in total. The maximum absolute atomic E-state index is 8.90. The van der Waals surface area contributed by atoms with E-state index in [1.54, 1.807) is 11.1 Å². The van der Waals surface area contributed by atoms with Crippen molar-refractivity contribution >= 4 is 0 Å². The van der Waals surface area contributed by atoms with Gasteiger partial charge in [-0.3, -0.25) is 0 Å². The zero-order chi connectivity index (χ0) is 12.3. The van der Waals surface area contributed by atoms with E-state index in [-0.39, 0.29) is 0 Å². The van der Waals surface area contributed by atoms with E-state index in [1.807, 2.05) is 0 Å². The monoisotopic (exact) mass is 234 g/mol. The van der Waals surface area contributed by atoms with Crippen molar-refractivity contribution in [1.82, 2.24) is 0 Å². The van der Waals surface area contributed by atoms with Gasteiger partial charge < -0.3 is 5.11 Å². The third-order valence-electron chi connectivity index (χ3n) is 4.64. The summed E-state index contributed by atoms with van der Waals surface area (Å²) in [5.74, 6) is 0.802. The average molecular weight is 234 g/mol. The fourth-order valence-corrected chi connectivity index (χ4v) is 3.53. The largest absolute Gasteiger partial charge is 0.396 e. The van der Waals surface area contributed by atoms with Crippen LogP contribution in [0.25, 0.3) is 0 Å². The van der Waals surface area contributed by atoms with Crippen LogP contribution in [0, 0.1) is 11.3 Å². The molecule has 96 valence electrons. The summed E-state index contributed by atoms with van der Waals surface area (Å²) in [7, 11) is 0. The molecule has 2 aliphatic rings. The minimum absolute atomic E-state index is 0.293. The lowest BCUT2D eigenvalue weighted by molar-refractivity contribution is 0.204. The molecule has 0 aromatic carbocycles. The Labute approximate surface area is 106 Å². The van der Waals surface area contributed by atoms with Crippen LogP contribution < -0.4 is 0 Å². The van der Waals surface area contributed by atoms with Crippen LogP contribution in [0.2, 0.25) is 0 Å². The van der Waals surface area contributed by atoms with Crippen LogP contribution in [0.1, 0.15) is 58.8 Å². The van der Waals surface area contributed by atoms with E-state index >= 15 is 0 Å². The van der Waals surface area contributed by atoms with Gasteiger partial charge in [-0.05, 0) is 56.3 Å². The van der Waals surface area contributed by atoms with Crippen LogP contribution in [-0.2, 0) is 0 Å². The first-order valence-electron chi connectivity index (χ1n) is 7.11. The van der Waals surface area contributed by atoms with E-state index in [9.17, 15) is 0 Å². The van der Waals surface area contributed by atoms with E-state index in [0.717, 1.165) is 12.3 Å². The van der Waals surface area contributed by atoms with E-state index < -0.39 is 0 Å². The van der Waals surface area contributed by atoms with Crippen molar-refractivity contribution in [3.63, 3.8) is 0 Å². The second-order valence-electron chi connectivity index (χ2n) is 6.27. The predicted molar refractivity (Wildman–Crippen MR) is 72.8 cm³/mol. The van der Waals surface area contributed by atoms with Crippen molar-refractivity contribution in [1.29, 1.82) is 0 Å². The Hall–Kier alpha value is -0.560.